The fourth-order valence-corrected chi connectivity index (χ4v) is 2.10. The molecule has 5 heteroatoms. The molecule has 0 heterocycles. The summed E-state index contributed by atoms with van der Waals surface area (Å²) in [4.78, 5) is 23.2. The third-order valence-corrected chi connectivity index (χ3v) is 3.33. The molecule has 0 spiro atoms. The van der Waals surface area contributed by atoms with E-state index in [9.17, 15) is 9.59 Å². The normalized spacial score (nSPS) is 10.1. The molecule has 0 fully saturated rings. The van der Waals surface area contributed by atoms with E-state index in [1.807, 2.05) is 0 Å². The Morgan fingerprint density at radius 3 is 2.36 bits per heavy atom. The first-order valence-electron chi connectivity index (χ1n) is 7.55. The highest BCUT2D eigenvalue weighted by Crippen LogP contribution is 2.30. The summed E-state index contributed by atoms with van der Waals surface area (Å²) in [5.74, 6) is 0.472. The third-order valence-electron chi connectivity index (χ3n) is 3.33. The van der Waals surface area contributed by atoms with Gasteiger partial charge in [0.15, 0.2) is 0 Å². The van der Waals surface area contributed by atoms with Crippen LogP contribution in [-0.4, -0.2) is 26.2 Å². The van der Waals surface area contributed by atoms with Gasteiger partial charge in [0.1, 0.15) is 11.5 Å². The number of carbonyl (C=O) groups excluding carboxylic acids is 2. The van der Waals surface area contributed by atoms with Crippen molar-refractivity contribution in [3.05, 3.63) is 23.8 Å². The van der Waals surface area contributed by atoms with Crippen molar-refractivity contribution in [2.75, 3.05) is 14.2 Å². The summed E-state index contributed by atoms with van der Waals surface area (Å²) in [6, 6.07) is 5.25. The van der Waals surface area contributed by atoms with Gasteiger partial charge in [0.2, 0.25) is 0 Å². The lowest BCUT2D eigenvalue weighted by Crippen LogP contribution is -2.10. The third kappa shape index (κ3) is 5.76. The van der Waals surface area contributed by atoms with Gasteiger partial charge >= 0.3 is 11.9 Å². The monoisotopic (exact) mass is 308 g/mol. The molecule has 0 N–H and O–H groups in total. The molecule has 1 aromatic carbocycles. The first-order valence-corrected chi connectivity index (χ1v) is 7.55. The Balaban J connectivity index is 2.79. The second-order valence-corrected chi connectivity index (χ2v) is 4.94. The van der Waals surface area contributed by atoms with Gasteiger partial charge in [0, 0.05) is 18.4 Å². The quantitative estimate of drug-likeness (QED) is 0.398. The fraction of sp³-hybridized carbons (Fsp3) is 0.529. The summed E-state index contributed by atoms with van der Waals surface area (Å²) in [7, 11) is 2.89. The molecule has 0 aliphatic carbocycles. The number of benzene rings is 1. The highest BCUT2D eigenvalue weighted by molar-refractivity contribution is 5.73. The van der Waals surface area contributed by atoms with E-state index in [0.717, 1.165) is 19.3 Å². The van der Waals surface area contributed by atoms with Crippen LogP contribution in [0.15, 0.2) is 18.2 Å². The Bertz CT molecular complexity index is 496. The summed E-state index contributed by atoms with van der Waals surface area (Å²) < 4.78 is 15.4. The summed E-state index contributed by atoms with van der Waals surface area (Å²) in [5, 5.41) is 0. The van der Waals surface area contributed by atoms with Crippen LogP contribution in [0.3, 0.4) is 0 Å². The van der Waals surface area contributed by atoms with Gasteiger partial charge in [-0.15, -0.1) is 0 Å². The zero-order valence-electron chi connectivity index (χ0n) is 13.5. The van der Waals surface area contributed by atoms with E-state index in [1.165, 1.54) is 7.11 Å². The Labute approximate surface area is 131 Å². The number of esters is 2. The molecule has 0 aliphatic heterocycles. The van der Waals surface area contributed by atoms with Crippen LogP contribution in [0.2, 0.25) is 0 Å². The van der Waals surface area contributed by atoms with Crippen molar-refractivity contribution < 1.29 is 23.8 Å². The van der Waals surface area contributed by atoms with E-state index in [0.29, 0.717) is 29.9 Å². The van der Waals surface area contributed by atoms with Gasteiger partial charge in [0.25, 0.3) is 0 Å². The zero-order valence-corrected chi connectivity index (χ0v) is 13.5. The highest BCUT2D eigenvalue weighted by atomic mass is 16.5. The molecule has 0 saturated carbocycles. The molecular formula is C17H24O5. The van der Waals surface area contributed by atoms with E-state index in [2.05, 4.69) is 11.7 Å². The predicted octanol–water partition coefficient (Wildman–Crippen LogP) is 3.29. The van der Waals surface area contributed by atoms with Crippen LogP contribution < -0.4 is 9.47 Å². The van der Waals surface area contributed by atoms with Crippen molar-refractivity contribution in [3.63, 3.8) is 0 Å². The van der Waals surface area contributed by atoms with E-state index in [1.54, 1.807) is 25.3 Å². The van der Waals surface area contributed by atoms with Crippen LogP contribution in [0.1, 0.15) is 44.6 Å². The SMILES string of the molecule is CCCCCC(=O)Oc1cccc(OC)c1CCC(=O)OC. The van der Waals surface area contributed by atoms with Crippen LogP contribution >= 0.6 is 0 Å². The highest BCUT2D eigenvalue weighted by Gasteiger charge is 2.15. The Morgan fingerprint density at radius 2 is 1.73 bits per heavy atom. The molecule has 122 valence electrons. The molecule has 0 aliphatic rings. The van der Waals surface area contributed by atoms with E-state index >= 15 is 0 Å². The van der Waals surface area contributed by atoms with Gasteiger partial charge in [-0.1, -0.05) is 25.8 Å². The lowest BCUT2D eigenvalue weighted by molar-refractivity contribution is -0.140. The maximum absolute atomic E-state index is 11.9. The molecule has 0 saturated heterocycles. The average Bonchev–Trinajstić information content (AvgIpc) is 2.53. The van der Waals surface area contributed by atoms with Gasteiger partial charge < -0.3 is 14.2 Å². The van der Waals surface area contributed by atoms with Crippen LogP contribution in [-0.2, 0) is 20.7 Å². The van der Waals surface area contributed by atoms with E-state index < -0.39 is 0 Å². The minimum Gasteiger partial charge on any atom is -0.496 e. The molecule has 0 aromatic heterocycles. The van der Waals surface area contributed by atoms with Crippen LogP contribution in [0.4, 0.5) is 0 Å². The maximum atomic E-state index is 11.9. The van der Waals surface area contributed by atoms with Crippen LogP contribution in [0.5, 0.6) is 11.5 Å². The largest absolute Gasteiger partial charge is 0.496 e. The smallest absolute Gasteiger partial charge is 0.311 e. The fourth-order valence-electron chi connectivity index (χ4n) is 2.10. The molecule has 22 heavy (non-hydrogen) atoms. The lowest BCUT2D eigenvalue weighted by Gasteiger charge is -2.13. The van der Waals surface area contributed by atoms with Crippen LogP contribution in [0.25, 0.3) is 0 Å². The number of rotatable bonds is 9. The van der Waals surface area contributed by atoms with Gasteiger partial charge in [-0.05, 0) is 25.0 Å². The topological polar surface area (TPSA) is 61.8 Å². The van der Waals surface area contributed by atoms with Gasteiger partial charge in [-0.3, -0.25) is 9.59 Å². The van der Waals surface area contributed by atoms with Crippen molar-refractivity contribution >= 4 is 11.9 Å². The molecule has 1 aromatic rings. The lowest BCUT2D eigenvalue weighted by atomic mass is 10.1. The second-order valence-electron chi connectivity index (χ2n) is 4.94. The molecule has 0 radical (unpaired) electrons. The number of carbonyl (C=O) groups is 2. The summed E-state index contributed by atoms with van der Waals surface area (Å²) in [6.45, 7) is 2.08. The van der Waals surface area contributed by atoms with Crippen molar-refractivity contribution in [1.82, 2.24) is 0 Å². The van der Waals surface area contributed by atoms with E-state index in [-0.39, 0.29) is 18.4 Å². The van der Waals surface area contributed by atoms with Crippen LogP contribution in [0, 0.1) is 0 Å². The predicted molar refractivity (Wildman–Crippen MR) is 83.1 cm³/mol. The van der Waals surface area contributed by atoms with Crippen molar-refractivity contribution in [1.29, 1.82) is 0 Å². The number of hydrogen-bond acceptors (Lipinski definition) is 5. The standard InChI is InChI=1S/C17H24O5/c1-4-5-6-10-17(19)22-15-9-7-8-14(20-2)13(15)11-12-16(18)21-3/h7-9H,4-6,10-12H2,1-3H3. The number of methoxy groups -OCH3 is 2. The minimum absolute atomic E-state index is 0.206. The molecule has 1 rings (SSSR count). The van der Waals surface area contributed by atoms with Crippen molar-refractivity contribution in [2.45, 2.75) is 45.4 Å². The molecule has 0 bridgehead atoms. The Hall–Kier alpha value is -2.04. The second kappa shape index (κ2) is 9.82. The number of unbranched alkanes of at least 4 members (excludes halogenated alkanes) is 2. The molecular weight excluding hydrogens is 284 g/mol. The average molecular weight is 308 g/mol. The maximum Gasteiger partial charge on any atom is 0.311 e. The first kappa shape index (κ1) is 18.0. The zero-order chi connectivity index (χ0) is 16.4. The molecule has 5 nitrogen and oxygen atoms in total. The summed E-state index contributed by atoms with van der Waals surface area (Å²) in [6.07, 6.45) is 3.86. The van der Waals surface area contributed by atoms with Gasteiger partial charge in [-0.25, -0.2) is 0 Å². The Morgan fingerprint density at radius 1 is 1.00 bits per heavy atom. The van der Waals surface area contributed by atoms with Gasteiger partial charge in [-0.2, -0.15) is 0 Å². The Kier molecular flexibility index (Phi) is 8.04. The molecule has 0 unspecified atom stereocenters. The van der Waals surface area contributed by atoms with Crippen molar-refractivity contribution in [3.8, 4) is 11.5 Å². The first-order chi connectivity index (χ1) is 10.6. The summed E-state index contributed by atoms with van der Waals surface area (Å²) in [5.41, 5.74) is 0.708. The molecule has 0 atom stereocenters. The van der Waals surface area contributed by atoms with Crippen molar-refractivity contribution in [2.24, 2.45) is 0 Å². The summed E-state index contributed by atoms with van der Waals surface area (Å²) >= 11 is 0. The van der Waals surface area contributed by atoms with E-state index in [4.69, 9.17) is 9.47 Å². The number of hydrogen-bond donors (Lipinski definition) is 0. The minimum atomic E-state index is -0.314. The molecule has 0 amide bonds. The van der Waals surface area contributed by atoms with Gasteiger partial charge in [0.05, 0.1) is 14.2 Å². The number of ether oxygens (including phenoxy) is 3.